The minimum Gasteiger partial charge on any atom is -0.310 e. The SMILES string of the molecule is [C-]#[N+]C(C)C1(F)CC1. The van der Waals surface area contributed by atoms with Crippen molar-refractivity contribution in [3.63, 3.8) is 0 Å². The van der Waals surface area contributed by atoms with Crippen LogP contribution in [0.4, 0.5) is 4.39 Å². The third kappa shape index (κ3) is 0.686. The van der Waals surface area contributed by atoms with Gasteiger partial charge in [-0.15, -0.1) is 0 Å². The van der Waals surface area contributed by atoms with Crippen molar-refractivity contribution in [2.24, 2.45) is 0 Å². The van der Waals surface area contributed by atoms with E-state index >= 15 is 0 Å². The molecule has 0 aromatic carbocycles. The van der Waals surface area contributed by atoms with E-state index in [2.05, 4.69) is 4.85 Å². The average Bonchev–Trinajstić information content (AvgIpc) is 2.47. The Hall–Kier alpha value is -0.580. The fraction of sp³-hybridized carbons (Fsp3) is 0.833. The molecule has 44 valence electrons. The third-order valence-electron chi connectivity index (χ3n) is 1.67. The maximum atomic E-state index is 12.7. The molecule has 0 amide bonds. The molecule has 8 heavy (non-hydrogen) atoms. The van der Waals surface area contributed by atoms with Gasteiger partial charge in [0.15, 0.2) is 5.67 Å². The summed E-state index contributed by atoms with van der Waals surface area (Å²) in [6, 6.07) is -0.414. The first-order valence-corrected chi connectivity index (χ1v) is 2.74. The molecule has 1 nitrogen and oxygen atoms in total. The lowest BCUT2D eigenvalue weighted by molar-refractivity contribution is 0.288. The second kappa shape index (κ2) is 1.45. The first kappa shape index (κ1) is 5.55. The Kier molecular flexibility index (Phi) is 1.00. The summed E-state index contributed by atoms with van der Waals surface area (Å²) < 4.78 is 12.7. The van der Waals surface area contributed by atoms with Crippen LogP contribution in [0.25, 0.3) is 4.85 Å². The Balaban J connectivity index is 2.49. The highest BCUT2D eigenvalue weighted by Gasteiger charge is 2.52. The number of rotatable bonds is 1. The lowest BCUT2D eigenvalue weighted by Crippen LogP contribution is -2.14. The number of halogens is 1. The van der Waals surface area contributed by atoms with E-state index in [1.54, 1.807) is 6.92 Å². The molecule has 0 saturated heterocycles. The molecule has 1 saturated carbocycles. The maximum absolute atomic E-state index is 12.7. The van der Waals surface area contributed by atoms with Gasteiger partial charge in [-0.2, -0.15) is 0 Å². The molecule has 1 unspecified atom stereocenters. The zero-order valence-corrected chi connectivity index (χ0v) is 4.82. The highest BCUT2D eigenvalue weighted by atomic mass is 19.1. The Morgan fingerprint density at radius 3 is 2.38 bits per heavy atom. The molecule has 0 bridgehead atoms. The topological polar surface area (TPSA) is 4.36 Å². The van der Waals surface area contributed by atoms with Gasteiger partial charge in [-0.1, -0.05) is 0 Å². The molecule has 1 rings (SSSR count). The largest absolute Gasteiger partial charge is 0.310 e. The van der Waals surface area contributed by atoms with Gasteiger partial charge >= 0.3 is 0 Å². The second-order valence-corrected chi connectivity index (χ2v) is 2.34. The predicted molar refractivity (Wildman–Crippen MR) is 29.1 cm³/mol. The van der Waals surface area contributed by atoms with Crippen LogP contribution in [0, 0.1) is 6.57 Å². The van der Waals surface area contributed by atoms with E-state index in [-0.39, 0.29) is 0 Å². The van der Waals surface area contributed by atoms with Crippen LogP contribution in [0.2, 0.25) is 0 Å². The minimum atomic E-state index is -1.10. The highest BCUT2D eigenvalue weighted by molar-refractivity contribution is 5.06. The van der Waals surface area contributed by atoms with E-state index in [0.29, 0.717) is 12.8 Å². The second-order valence-electron chi connectivity index (χ2n) is 2.34. The average molecular weight is 113 g/mol. The van der Waals surface area contributed by atoms with Gasteiger partial charge in [-0.3, -0.25) is 0 Å². The standard InChI is InChI=1S/C6H8FN/c1-5(8-2)6(7)3-4-6/h5H,3-4H2,1H3. The van der Waals surface area contributed by atoms with Gasteiger partial charge in [-0.05, 0) is 12.8 Å². The van der Waals surface area contributed by atoms with E-state index < -0.39 is 11.7 Å². The highest BCUT2D eigenvalue weighted by Crippen LogP contribution is 2.44. The van der Waals surface area contributed by atoms with Crippen LogP contribution < -0.4 is 0 Å². The van der Waals surface area contributed by atoms with Crippen LogP contribution in [-0.2, 0) is 0 Å². The molecule has 0 aromatic rings. The molecule has 0 N–H and O–H groups in total. The van der Waals surface area contributed by atoms with Gasteiger partial charge in [0.25, 0.3) is 6.04 Å². The summed E-state index contributed by atoms with van der Waals surface area (Å²) in [5, 5.41) is 0. The molecular weight excluding hydrogens is 105 g/mol. The summed E-state index contributed by atoms with van der Waals surface area (Å²) in [4.78, 5) is 3.10. The summed E-state index contributed by atoms with van der Waals surface area (Å²) >= 11 is 0. The van der Waals surface area contributed by atoms with E-state index in [1.165, 1.54) is 0 Å². The van der Waals surface area contributed by atoms with E-state index in [1.807, 2.05) is 0 Å². The van der Waals surface area contributed by atoms with Crippen LogP contribution in [0.1, 0.15) is 19.8 Å². The summed E-state index contributed by atoms with van der Waals surface area (Å²) in [6.45, 7) is 8.13. The Morgan fingerprint density at radius 1 is 1.75 bits per heavy atom. The van der Waals surface area contributed by atoms with Crippen LogP contribution in [0.15, 0.2) is 0 Å². The molecule has 0 radical (unpaired) electrons. The molecule has 0 aromatic heterocycles. The first-order valence-electron chi connectivity index (χ1n) is 2.74. The maximum Gasteiger partial charge on any atom is 0.254 e. The minimum absolute atomic E-state index is 0.414. The molecule has 1 aliphatic carbocycles. The predicted octanol–water partition coefficient (Wildman–Crippen LogP) is 1.80. The lowest BCUT2D eigenvalue weighted by Gasteiger charge is -1.99. The smallest absolute Gasteiger partial charge is 0.254 e. The molecular formula is C6H8FN. The van der Waals surface area contributed by atoms with Crippen molar-refractivity contribution in [1.29, 1.82) is 0 Å². The zero-order valence-electron chi connectivity index (χ0n) is 4.82. The van der Waals surface area contributed by atoms with Crippen molar-refractivity contribution >= 4 is 0 Å². The zero-order chi connectivity index (χ0) is 6.20. The summed E-state index contributed by atoms with van der Waals surface area (Å²) in [6.07, 6.45) is 1.19. The third-order valence-corrected chi connectivity index (χ3v) is 1.67. The van der Waals surface area contributed by atoms with Gasteiger partial charge in [0.1, 0.15) is 0 Å². The summed E-state index contributed by atoms with van der Waals surface area (Å²) in [7, 11) is 0. The Morgan fingerprint density at radius 2 is 2.25 bits per heavy atom. The fourth-order valence-corrected chi connectivity index (χ4v) is 0.653. The summed E-state index contributed by atoms with van der Waals surface area (Å²) in [5.74, 6) is 0. The van der Waals surface area contributed by atoms with Crippen molar-refractivity contribution < 1.29 is 4.39 Å². The molecule has 1 aliphatic rings. The number of nitrogens with zero attached hydrogens (tertiary/aromatic N) is 1. The number of hydrogen-bond donors (Lipinski definition) is 0. The number of hydrogen-bond acceptors (Lipinski definition) is 0. The van der Waals surface area contributed by atoms with Gasteiger partial charge < -0.3 is 4.85 Å². The monoisotopic (exact) mass is 113 g/mol. The van der Waals surface area contributed by atoms with Gasteiger partial charge in [-0.25, -0.2) is 11.0 Å². The molecule has 0 spiro atoms. The van der Waals surface area contributed by atoms with E-state index in [9.17, 15) is 4.39 Å². The number of alkyl halides is 1. The molecule has 0 heterocycles. The van der Waals surface area contributed by atoms with Crippen LogP contribution in [-0.4, -0.2) is 11.7 Å². The quantitative estimate of drug-likeness (QED) is 0.457. The van der Waals surface area contributed by atoms with Crippen LogP contribution in [0.5, 0.6) is 0 Å². The molecule has 2 heteroatoms. The molecule has 1 fully saturated rings. The Labute approximate surface area is 48.3 Å². The van der Waals surface area contributed by atoms with Gasteiger partial charge in [0.2, 0.25) is 0 Å². The van der Waals surface area contributed by atoms with Crippen molar-refractivity contribution in [3.05, 3.63) is 11.4 Å². The van der Waals surface area contributed by atoms with Crippen molar-refractivity contribution in [2.45, 2.75) is 31.5 Å². The van der Waals surface area contributed by atoms with Crippen LogP contribution >= 0.6 is 0 Å². The van der Waals surface area contributed by atoms with Gasteiger partial charge in [0, 0.05) is 6.92 Å². The molecule has 1 atom stereocenters. The van der Waals surface area contributed by atoms with Crippen molar-refractivity contribution in [2.75, 3.05) is 0 Å². The van der Waals surface area contributed by atoms with Gasteiger partial charge in [0.05, 0.1) is 0 Å². The first-order chi connectivity index (χ1) is 3.69. The Bertz CT molecular complexity index is 132. The van der Waals surface area contributed by atoms with Crippen molar-refractivity contribution in [1.82, 2.24) is 0 Å². The lowest BCUT2D eigenvalue weighted by atomic mass is 10.2. The summed E-state index contributed by atoms with van der Waals surface area (Å²) in [5.41, 5.74) is -1.10. The van der Waals surface area contributed by atoms with Crippen molar-refractivity contribution in [3.8, 4) is 0 Å². The van der Waals surface area contributed by atoms with E-state index in [4.69, 9.17) is 6.57 Å². The van der Waals surface area contributed by atoms with Crippen LogP contribution in [0.3, 0.4) is 0 Å². The fourth-order valence-electron chi connectivity index (χ4n) is 0.653. The van der Waals surface area contributed by atoms with E-state index in [0.717, 1.165) is 0 Å². The normalized spacial score (nSPS) is 26.1. The molecule has 0 aliphatic heterocycles.